The van der Waals surface area contributed by atoms with Crippen molar-refractivity contribution in [2.24, 2.45) is 17.2 Å². The number of hydrogen-bond donors (Lipinski definition) is 8. The van der Waals surface area contributed by atoms with Gasteiger partial charge in [0, 0.05) is 12.8 Å². The average Bonchev–Trinajstić information content (AvgIpc) is 2.81. The van der Waals surface area contributed by atoms with Gasteiger partial charge in [-0.2, -0.15) is 0 Å². The molecule has 0 heterocycles. The van der Waals surface area contributed by atoms with Crippen LogP contribution in [0.15, 0.2) is 24.3 Å². The van der Waals surface area contributed by atoms with E-state index in [2.05, 4.69) is 16.0 Å². The maximum absolute atomic E-state index is 13.1. The van der Waals surface area contributed by atoms with Crippen LogP contribution in [0.1, 0.15) is 44.6 Å². The van der Waals surface area contributed by atoms with Gasteiger partial charge in [-0.15, -0.1) is 0 Å². The molecule has 0 aromatic heterocycles. The number of nitrogens with two attached hydrogens (primary N) is 3. The van der Waals surface area contributed by atoms with Gasteiger partial charge in [0.25, 0.3) is 0 Å². The van der Waals surface area contributed by atoms with E-state index in [1.165, 1.54) is 19.1 Å². The summed E-state index contributed by atoms with van der Waals surface area (Å²) >= 11 is 0. The highest BCUT2D eigenvalue weighted by molar-refractivity contribution is 5.94. The summed E-state index contributed by atoms with van der Waals surface area (Å²) in [5.74, 6) is -4.13. The summed E-state index contributed by atoms with van der Waals surface area (Å²) in [6.45, 7) is 1.85. The van der Waals surface area contributed by atoms with Crippen molar-refractivity contribution in [3.8, 4) is 5.75 Å². The molecule has 1 rings (SSSR count). The molecule has 200 valence electrons. The molecule has 0 saturated heterocycles. The number of carbonyl (C=O) groups excluding carboxylic acids is 4. The third-order valence-corrected chi connectivity index (χ3v) is 5.30. The highest BCUT2D eigenvalue weighted by Crippen LogP contribution is 2.12. The molecular formula is C23H36N6O7. The number of benzene rings is 1. The summed E-state index contributed by atoms with van der Waals surface area (Å²) in [6.07, 6.45) is 0.829. The van der Waals surface area contributed by atoms with E-state index in [9.17, 15) is 34.2 Å². The highest BCUT2D eigenvalue weighted by Gasteiger charge is 2.30. The van der Waals surface area contributed by atoms with Gasteiger partial charge in [-0.3, -0.25) is 19.2 Å². The van der Waals surface area contributed by atoms with E-state index in [0.717, 1.165) is 0 Å². The number of carboxylic acid groups (broad SMARTS) is 1. The number of unbranched alkanes of at least 4 members (excludes halogenated alkanes) is 1. The molecule has 1 aromatic rings. The first-order chi connectivity index (χ1) is 16.9. The summed E-state index contributed by atoms with van der Waals surface area (Å²) < 4.78 is 0. The van der Waals surface area contributed by atoms with Crippen molar-refractivity contribution in [1.29, 1.82) is 0 Å². The molecule has 0 fully saturated rings. The maximum Gasteiger partial charge on any atom is 0.326 e. The highest BCUT2D eigenvalue weighted by atomic mass is 16.4. The van der Waals surface area contributed by atoms with Crippen LogP contribution in [0.25, 0.3) is 0 Å². The van der Waals surface area contributed by atoms with Gasteiger partial charge < -0.3 is 43.4 Å². The molecule has 36 heavy (non-hydrogen) atoms. The van der Waals surface area contributed by atoms with Gasteiger partial charge in [0.1, 0.15) is 23.9 Å². The second-order valence-corrected chi connectivity index (χ2v) is 8.47. The Morgan fingerprint density at radius 3 is 1.94 bits per heavy atom. The molecule has 0 bridgehead atoms. The van der Waals surface area contributed by atoms with E-state index >= 15 is 0 Å². The lowest BCUT2D eigenvalue weighted by atomic mass is 10.0. The van der Waals surface area contributed by atoms with Gasteiger partial charge in [-0.25, -0.2) is 4.79 Å². The lowest BCUT2D eigenvalue weighted by Crippen LogP contribution is -2.57. The van der Waals surface area contributed by atoms with Crippen molar-refractivity contribution >= 4 is 29.6 Å². The first-order valence-electron chi connectivity index (χ1n) is 11.6. The number of rotatable bonds is 16. The van der Waals surface area contributed by atoms with Crippen molar-refractivity contribution < 1.29 is 34.2 Å². The maximum atomic E-state index is 13.1. The fourth-order valence-electron chi connectivity index (χ4n) is 3.23. The smallest absolute Gasteiger partial charge is 0.326 e. The molecule has 1 aromatic carbocycles. The minimum Gasteiger partial charge on any atom is -0.508 e. The molecule has 0 spiro atoms. The van der Waals surface area contributed by atoms with Crippen molar-refractivity contribution in [2.75, 3.05) is 6.54 Å². The van der Waals surface area contributed by atoms with E-state index < -0.39 is 53.8 Å². The lowest BCUT2D eigenvalue weighted by molar-refractivity contribution is -0.142. The predicted molar refractivity (Wildman–Crippen MR) is 130 cm³/mol. The number of carbonyl (C=O) groups is 5. The number of phenolic OH excluding ortho intramolecular Hbond substituents is 1. The summed E-state index contributed by atoms with van der Waals surface area (Å²) in [7, 11) is 0. The lowest BCUT2D eigenvalue weighted by Gasteiger charge is -2.25. The molecule has 13 nitrogen and oxygen atoms in total. The minimum atomic E-state index is -1.41. The number of aromatic hydroxyl groups is 1. The van der Waals surface area contributed by atoms with Crippen molar-refractivity contribution in [2.45, 2.75) is 69.6 Å². The number of amides is 4. The first-order valence-corrected chi connectivity index (χ1v) is 11.6. The van der Waals surface area contributed by atoms with Crippen LogP contribution >= 0.6 is 0 Å². The van der Waals surface area contributed by atoms with Gasteiger partial charge in [0.05, 0.1) is 6.04 Å². The van der Waals surface area contributed by atoms with E-state index in [1.807, 2.05) is 0 Å². The van der Waals surface area contributed by atoms with Crippen LogP contribution in [0.4, 0.5) is 0 Å². The normalized spacial score (nSPS) is 14.1. The Labute approximate surface area is 209 Å². The number of aliphatic carboxylic acids is 1. The number of nitrogens with one attached hydrogen (secondary N) is 3. The Balaban J connectivity index is 3.12. The summed E-state index contributed by atoms with van der Waals surface area (Å²) in [4.78, 5) is 60.9. The molecule has 0 radical (unpaired) electrons. The molecule has 0 aliphatic carbocycles. The third kappa shape index (κ3) is 11.1. The topological polar surface area (TPSA) is 240 Å². The quantitative estimate of drug-likeness (QED) is 0.117. The molecule has 13 heteroatoms. The van der Waals surface area contributed by atoms with E-state index in [1.54, 1.807) is 12.1 Å². The van der Waals surface area contributed by atoms with Crippen molar-refractivity contribution in [3.05, 3.63) is 29.8 Å². The molecule has 0 aliphatic heterocycles. The van der Waals surface area contributed by atoms with Gasteiger partial charge in [0.15, 0.2) is 0 Å². The minimum absolute atomic E-state index is 0.000218. The van der Waals surface area contributed by atoms with Crippen LogP contribution in [0.3, 0.4) is 0 Å². The fourth-order valence-corrected chi connectivity index (χ4v) is 3.23. The monoisotopic (exact) mass is 508 g/mol. The molecule has 4 amide bonds. The predicted octanol–water partition coefficient (Wildman–Crippen LogP) is -1.78. The first kappa shape index (κ1) is 30.3. The van der Waals surface area contributed by atoms with E-state index in [-0.39, 0.29) is 31.4 Å². The number of hydrogen-bond acceptors (Lipinski definition) is 8. The van der Waals surface area contributed by atoms with Crippen LogP contribution in [-0.4, -0.2) is 70.5 Å². The largest absolute Gasteiger partial charge is 0.508 e. The zero-order chi connectivity index (χ0) is 27.3. The van der Waals surface area contributed by atoms with Crippen molar-refractivity contribution in [3.63, 3.8) is 0 Å². The Hall–Kier alpha value is -3.71. The second-order valence-electron chi connectivity index (χ2n) is 8.47. The molecule has 4 unspecified atom stereocenters. The Bertz CT molecular complexity index is 907. The second kappa shape index (κ2) is 15.3. The fraction of sp³-hybridized carbons (Fsp3) is 0.522. The third-order valence-electron chi connectivity index (χ3n) is 5.30. The van der Waals surface area contributed by atoms with Gasteiger partial charge >= 0.3 is 5.97 Å². The number of carboxylic acids is 1. The zero-order valence-corrected chi connectivity index (χ0v) is 20.2. The number of primary amides is 1. The standard InChI is InChI=1S/C23H36N6O7/c1-13(25)20(32)27-16(4-2-3-11-24)21(33)29-18(12-14-5-7-15(30)8-6-14)22(34)28-17(23(35)36)9-10-19(26)31/h5-8,13,16-18,30H,2-4,9-12,24-25H2,1H3,(H2,26,31)(H,27,32)(H,28,34)(H,29,33)(H,35,36). The van der Waals surface area contributed by atoms with Gasteiger partial charge in [-0.1, -0.05) is 12.1 Å². The Morgan fingerprint density at radius 1 is 0.861 bits per heavy atom. The van der Waals surface area contributed by atoms with Crippen LogP contribution in [0.5, 0.6) is 5.75 Å². The molecule has 0 aliphatic rings. The summed E-state index contributed by atoms with van der Waals surface area (Å²) in [5.41, 5.74) is 16.8. The molecule has 4 atom stereocenters. The molecular weight excluding hydrogens is 472 g/mol. The summed E-state index contributed by atoms with van der Waals surface area (Å²) in [5, 5.41) is 26.4. The van der Waals surface area contributed by atoms with Crippen LogP contribution in [0.2, 0.25) is 0 Å². The average molecular weight is 509 g/mol. The van der Waals surface area contributed by atoms with Crippen molar-refractivity contribution in [1.82, 2.24) is 16.0 Å². The number of phenols is 1. The van der Waals surface area contributed by atoms with Crippen LogP contribution < -0.4 is 33.2 Å². The van der Waals surface area contributed by atoms with Gasteiger partial charge in [-0.05, 0) is 56.8 Å². The van der Waals surface area contributed by atoms with E-state index in [0.29, 0.717) is 24.9 Å². The van der Waals surface area contributed by atoms with Gasteiger partial charge in [0.2, 0.25) is 23.6 Å². The van der Waals surface area contributed by atoms with E-state index in [4.69, 9.17) is 17.2 Å². The summed E-state index contributed by atoms with van der Waals surface area (Å²) in [6, 6.07) is 1.36. The zero-order valence-electron chi connectivity index (χ0n) is 20.2. The molecule has 11 N–H and O–H groups in total. The van der Waals surface area contributed by atoms with Crippen LogP contribution in [0, 0.1) is 0 Å². The molecule has 0 saturated carbocycles. The Kier molecular flexibility index (Phi) is 12.9. The van der Waals surface area contributed by atoms with Crippen LogP contribution in [-0.2, 0) is 30.4 Å². The SMILES string of the molecule is CC(N)C(=O)NC(CCCCN)C(=O)NC(Cc1ccc(O)cc1)C(=O)NC(CCC(N)=O)C(=O)O. The Morgan fingerprint density at radius 2 is 1.42 bits per heavy atom.